The van der Waals surface area contributed by atoms with Crippen molar-refractivity contribution in [3.05, 3.63) is 65.0 Å². The van der Waals surface area contributed by atoms with Crippen molar-refractivity contribution >= 4 is 23.2 Å². The maximum atomic E-state index is 12.7. The highest BCUT2D eigenvalue weighted by molar-refractivity contribution is 6.30. The number of likely N-dealkylation sites (tertiary alicyclic amines) is 1. The Morgan fingerprint density at radius 1 is 1.00 bits per heavy atom. The summed E-state index contributed by atoms with van der Waals surface area (Å²) in [6, 6.07) is 15.8. The molecule has 1 N–H and O–H groups in total. The molecule has 2 saturated heterocycles. The Morgan fingerprint density at radius 3 is 2.43 bits per heavy atom. The first-order valence-electron chi connectivity index (χ1n) is 12.1. The number of aromatic nitrogens is 2. The lowest BCUT2D eigenvalue weighted by atomic mass is 9.96. The number of piperidine rings is 1. The maximum Gasteiger partial charge on any atom is 0.241 e. The van der Waals surface area contributed by atoms with Crippen LogP contribution in [-0.4, -0.2) is 60.3 Å². The van der Waals surface area contributed by atoms with E-state index in [2.05, 4.69) is 49.5 Å². The van der Waals surface area contributed by atoms with Gasteiger partial charge in [0.25, 0.3) is 0 Å². The molecule has 8 nitrogen and oxygen atoms in total. The zero-order valence-corrected chi connectivity index (χ0v) is 20.4. The first-order chi connectivity index (χ1) is 17.1. The molecule has 0 unspecified atom stereocenters. The summed E-state index contributed by atoms with van der Waals surface area (Å²) >= 11 is 5.95. The van der Waals surface area contributed by atoms with Crippen LogP contribution in [0.1, 0.15) is 24.3 Å². The number of ether oxygens (including phenoxy) is 1. The minimum Gasteiger partial charge on any atom is -0.378 e. The van der Waals surface area contributed by atoms with E-state index in [0.29, 0.717) is 29.8 Å². The molecule has 0 radical (unpaired) electrons. The molecule has 2 aliphatic rings. The lowest BCUT2D eigenvalue weighted by molar-refractivity contribution is -0.126. The van der Waals surface area contributed by atoms with E-state index in [-0.39, 0.29) is 11.8 Å². The fourth-order valence-electron chi connectivity index (χ4n) is 4.56. The van der Waals surface area contributed by atoms with Gasteiger partial charge >= 0.3 is 0 Å². The van der Waals surface area contributed by atoms with Crippen LogP contribution in [0.5, 0.6) is 0 Å². The average Bonchev–Trinajstić information content (AvgIpc) is 3.37. The van der Waals surface area contributed by atoms with E-state index in [1.165, 1.54) is 5.69 Å². The number of benzene rings is 2. The predicted molar refractivity (Wildman–Crippen MR) is 134 cm³/mol. The van der Waals surface area contributed by atoms with Gasteiger partial charge in [0.15, 0.2) is 0 Å². The monoisotopic (exact) mass is 495 g/mol. The van der Waals surface area contributed by atoms with Crippen LogP contribution in [0.2, 0.25) is 5.02 Å². The summed E-state index contributed by atoms with van der Waals surface area (Å²) in [4.78, 5) is 21.8. The van der Waals surface area contributed by atoms with Gasteiger partial charge in [-0.15, -0.1) is 0 Å². The Kier molecular flexibility index (Phi) is 7.61. The predicted octanol–water partition coefficient (Wildman–Crippen LogP) is 3.76. The maximum absolute atomic E-state index is 12.7. The normalized spacial score (nSPS) is 17.5. The summed E-state index contributed by atoms with van der Waals surface area (Å²) in [7, 11) is 0. The largest absolute Gasteiger partial charge is 0.378 e. The highest BCUT2D eigenvalue weighted by Crippen LogP contribution is 2.22. The standard InChI is InChI=1S/C26H30ClN5O3/c27-22-5-3-20(4-6-22)25-29-24(35-30-25)18-31-11-9-21(10-12-31)26(33)28-17-19-1-7-23(8-2-19)32-13-15-34-16-14-32/h1-8,21H,9-18H2,(H,28,33). The number of anilines is 1. The number of morpholine rings is 1. The van der Waals surface area contributed by atoms with Gasteiger partial charge in [-0.2, -0.15) is 4.98 Å². The van der Waals surface area contributed by atoms with Crippen LogP contribution in [0, 0.1) is 5.92 Å². The summed E-state index contributed by atoms with van der Waals surface area (Å²) in [5.41, 5.74) is 3.19. The number of nitrogens with zero attached hydrogens (tertiary/aromatic N) is 4. The lowest BCUT2D eigenvalue weighted by Crippen LogP contribution is -2.40. The molecule has 0 saturated carbocycles. The molecule has 35 heavy (non-hydrogen) atoms. The molecule has 0 bridgehead atoms. The second-order valence-electron chi connectivity index (χ2n) is 9.05. The van der Waals surface area contributed by atoms with Crippen LogP contribution < -0.4 is 10.2 Å². The molecule has 184 valence electrons. The van der Waals surface area contributed by atoms with E-state index in [4.69, 9.17) is 20.9 Å². The molecular weight excluding hydrogens is 466 g/mol. The van der Waals surface area contributed by atoms with Gasteiger partial charge in [0, 0.05) is 41.8 Å². The van der Waals surface area contributed by atoms with Crippen molar-refractivity contribution in [2.45, 2.75) is 25.9 Å². The van der Waals surface area contributed by atoms with Gasteiger partial charge in [0.1, 0.15) is 0 Å². The lowest BCUT2D eigenvalue weighted by Gasteiger charge is -2.30. The molecule has 3 heterocycles. The van der Waals surface area contributed by atoms with Crippen molar-refractivity contribution in [1.29, 1.82) is 0 Å². The zero-order valence-electron chi connectivity index (χ0n) is 19.7. The first-order valence-corrected chi connectivity index (χ1v) is 12.5. The number of nitrogens with one attached hydrogen (secondary N) is 1. The molecule has 2 aromatic carbocycles. The van der Waals surface area contributed by atoms with Crippen molar-refractivity contribution in [2.24, 2.45) is 5.92 Å². The van der Waals surface area contributed by atoms with Gasteiger partial charge in [-0.05, 0) is 67.9 Å². The van der Waals surface area contributed by atoms with Gasteiger partial charge < -0.3 is 19.5 Å². The molecule has 1 aromatic heterocycles. The number of hydrogen-bond donors (Lipinski definition) is 1. The highest BCUT2D eigenvalue weighted by Gasteiger charge is 2.26. The topological polar surface area (TPSA) is 83.7 Å². The van der Waals surface area contributed by atoms with Gasteiger partial charge in [0.2, 0.25) is 17.6 Å². The summed E-state index contributed by atoms with van der Waals surface area (Å²) < 4.78 is 10.9. The van der Waals surface area contributed by atoms with E-state index < -0.39 is 0 Å². The number of amides is 1. The number of carbonyl (C=O) groups is 1. The number of hydrogen-bond acceptors (Lipinski definition) is 7. The molecular formula is C26H30ClN5O3. The van der Waals surface area contributed by atoms with Crippen LogP contribution >= 0.6 is 11.6 Å². The summed E-state index contributed by atoms with van der Waals surface area (Å²) in [5.74, 6) is 1.30. The number of halogens is 1. The van der Waals surface area contributed by atoms with E-state index in [1.807, 2.05) is 24.3 Å². The molecule has 1 amide bonds. The second kappa shape index (κ2) is 11.2. The van der Waals surface area contributed by atoms with Gasteiger partial charge in [-0.25, -0.2) is 0 Å². The summed E-state index contributed by atoms with van der Waals surface area (Å²) in [6.45, 7) is 6.18. The molecule has 3 aromatic rings. The van der Waals surface area contributed by atoms with Crippen molar-refractivity contribution in [1.82, 2.24) is 20.4 Å². The van der Waals surface area contributed by atoms with E-state index in [0.717, 1.165) is 63.4 Å². The van der Waals surface area contributed by atoms with Crippen molar-refractivity contribution in [2.75, 3.05) is 44.3 Å². The molecule has 9 heteroatoms. The molecule has 0 atom stereocenters. The van der Waals surface area contributed by atoms with Gasteiger partial charge in [0.05, 0.1) is 19.8 Å². The van der Waals surface area contributed by atoms with Crippen molar-refractivity contribution in [3.8, 4) is 11.4 Å². The average molecular weight is 496 g/mol. The van der Waals surface area contributed by atoms with Crippen LogP contribution in [-0.2, 0) is 22.6 Å². The van der Waals surface area contributed by atoms with E-state index in [9.17, 15) is 4.79 Å². The van der Waals surface area contributed by atoms with Crippen molar-refractivity contribution < 1.29 is 14.1 Å². The molecule has 2 aliphatic heterocycles. The van der Waals surface area contributed by atoms with Crippen molar-refractivity contribution in [3.63, 3.8) is 0 Å². The smallest absolute Gasteiger partial charge is 0.241 e. The quantitative estimate of drug-likeness (QED) is 0.534. The molecule has 0 spiro atoms. The van der Waals surface area contributed by atoms with Crippen LogP contribution in [0.3, 0.4) is 0 Å². The molecule has 2 fully saturated rings. The third kappa shape index (κ3) is 6.20. The van der Waals surface area contributed by atoms with E-state index in [1.54, 1.807) is 0 Å². The summed E-state index contributed by atoms with van der Waals surface area (Å²) in [6.07, 6.45) is 1.64. The number of carbonyl (C=O) groups excluding carboxylic acids is 1. The molecule has 5 rings (SSSR count). The third-order valence-electron chi connectivity index (χ3n) is 6.67. The zero-order chi connectivity index (χ0) is 24.0. The van der Waals surface area contributed by atoms with Gasteiger partial charge in [-0.3, -0.25) is 9.69 Å². The van der Waals surface area contributed by atoms with Gasteiger partial charge in [-0.1, -0.05) is 28.9 Å². The minimum atomic E-state index is 0.0335. The Labute approximate surface area is 210 Å². The second-order valence-corrected chi connectivity index (χ2v) is 9.49. The Morgan fingerprint density at radius 2 is 1.71 bits per heavy atom. The summed E-state index contributed by atoms with van der Waals surface area (Å²) in [5, 5.41) is 7.87. The minimum absolute atomic E-state index is 0.0335. The first kappa shape index (κ1) is 23.8. The SMILES string of the molecule is O=C(NCc1ccc(N2CCOCC2)cc1)C1CCN(Cc2nc(-c3ccc(Cl)cc3)no2)CC1. The Hall–Kier alpha value is -2.94. The Balaban J connectivity index is 1.05. The number of rotatable bonds is 7. The molecule has 0 aliphatic carbocycles. The van der Waals surface area contributed by atoms with Crippen LogP contribution in [0.4, 0.5) is 5.69 Å². The fourth-order valence-corrected chi connectivity index (χ4v) is 4.69. The van der Waals surface area contributed by atoms with Crippen LogP contribution in [0.15, 0.2) is 53.1 Å². The Bertz CT molecular complexity index is 1100. The van der Waals surface area contributed by atoms with Crippen LogP contribution in [0.25, 0.3) is 11.4 Å². The van der Waals surface area contributed by atoms with E-state index >= 15 is 0 Å². The third-order valence-corrected chi connectivity index (χ3v) is 6.92. The fraction of sp³-hybridized carbons (Fsp3) is 0.423. The highest BCUT2D eigenvalue weighted by atomic mass is 35.5.